The van der Waals surface area contributed by atoms with Gasteiger partial charge >= 0.3 is 14.1 Å². The second-order valence-corrected chi connectivity index (χ2v) is 8.70. The van der Waals surface area contributed by atoms with E-state index in [1.165, 1.54) is 31.1 Å². The van der Waals surface area contributed by atoms with Crippen molar-refractivity contribution in [1.82, 2.24) is 24.6 Å². The van der Waals surface area contributed by atoms with Crippen LogP contribution in [0.2, 0.25) is 0 Å². The highest BCUT2D eigenvalue weighted by molar-refractivity contribution is 7.36. The molecular weight excluding hydrogens is 431 g/mol. The Bertz CT molecular complexity index is 968. The van der Waals surface area contributed by atoms with Crippen molar-refractivity contribution in [2.24, 2.45) is 0 Å². The minimum Gasteiger partial charge on any atom is -0.462 e. The Morgan fingerprint density at radius 2 is 2.13 bits per heavy atom. The molecule has 0 spiro atoms. The van der Waals surface area contributed by atoms with E-state index in [9.17, 15) is 19.6 Å². The molecule has 2 aromatic rings. The third-order valence-electron chi connectivity index (χ3n) is 4.75. The lowest BCUT2D eigenvalue weighted by Crippen LogP contribution is -2.44. The predicted octanol–water partition coefficient (Wildman–Crippen LogP) is 0.0215. The predicted molar refractivity (Wildman–Crippen MR) is 108 cm³/mol. The molecule has 170 valence electrons. The van der Waals surface area contributed by atoms with E-state index in [4.69, 9.17) is 19.7 Å². The first-order valence-corrected chi connectivity index (χ1v) is 10.8. The maximum atomic E-state index is 12.2. The molecule has 1 unspecified atom stereocenters. The highest BCUT2D eigenvalue weighted by atomic mass is 31.1. The van der Waals surface area contributed by atoms with Crippen molar-refractivity contribution < 1.29 is 33.6 Å². The molecule has 6 atom stereocenters. The Kier molecular flexibility index (Phi) is 6.84. The van der Waals surface area contributed by atoms with Gasteiger partial charge in [-0.2, -0.15) is 0 Å². The molecule has 1 fully saturated rings. The number of esters is 1. The van der Waals surface area contributed by atoms with Gasteiger partial charge in [0.15, 0.2) is 17.7 Å². The van der Waals surface area contributed by atoms with Crippen molar-refractivity contribution in [3.8, 4) is 0 Å². The molecule has 0 amide bonds. The molecule has 3 rings (SSSR count). The summed E-state index contributed by atoms with van der Waals surface area (Å²) in [4.78, 5) is 23.9. The van der Waals surface area contributed by atoms with Crippen LogP contribution < -0.4 is 10.8 Å². The molecule has 31 heavy (non-hydrogen) atoms. The van der Waals surface area contributed by atoms with Gasteiger partial charge in [0.05, 0.1) is 12.4 Å². The first-order chi connectivity index (χ1) is 14.5. The second-order valence-electron chi connectivity index (χ2n) is 7.67. The monoisotopic (exact) mass is 457 g/mol. The van der Waals surface area contributed by atoms with Crippen molar-refractivity contribution in [2.45, 2.75) is 63.9 Å². The summed E-state index contributed by atoms with van der Waals surface area (Å²) in [7, 11) is -2.47. The first-order valence-electron chi connectivity index (χ1n) is 9.58. The molecule has 0 bridgehead atoms. The van der Waals surface area contributed by atoms with Gasteiger partial charge in [0.1, 0.15) is 42.3 Å². The molecule has 0 aliphatic carbocycles. The van der Waals surface area contributed by atoms with Crippen molar-refractivity contribution in [3.05, 3.63) is 12.7 Å². The lowest BCUT2D eigenvalue weighted by atomic mass is 9.96. The van der Waals surface area contributed by atoms with Crippen LogP contribution in [0.1, 0.15) is 33.9 Å². The van der Waals surface area contributed by atoms with Crippen molar-refractivity contribution >= 4 is 31.1 Å². The highest BCUT2D eigenvalue weighted by Gasteiger charge is 2.54. The van der Waals surface area contributed by atoms with E-state index in [0.29, 0.717) is 11.2 Å². The number of anilines is 1. The van der Waals surface area contributed by atoms with Crippen LogP contribution in [0.3, 0.4) is 0 Å². The summed E-state index contributed by atoms with van der Waals surface area (Å²) in [5.74, 6) is -0.412. The number of aliphatic hydroxyl groups excluding tert-OH is 1. The summed E-state index contributed by atoms with van der Waals surface area (Å²) >= 11 is 0. The van der Waals surface area contributed by atoms with Gasteiger partial charge < -0.3 is 25.4 Å². The third-order valence-corrected chi connectivity index (χ3v) is 5.74. The number of fused-ring (bicyclic) bond motifs is 1. The standard InChI is InChI=1S/C17H26N6O7P/c1-8(2)29-15(25)9(3)22-31(27)28-5-10-12(24)17(4,26)16(30-10)23-7-21-11-13(18)19-6-20-14(11)23/h6-10,12,16,24,26H,5H2,1-4H3,(H,22,27)(H2,18,19,20)/q+1/t9-,10+,12+,16+,17+/m0/s1. The Morgan fingerprint density at radius 1 is 1.42 bits per heavy atom. The maximum absolute atomic E-state index is 12.2. The smallest absolute Gasteiger partial charge is 0.462 e. The van der Waals surface area contributed by atoms with Crippen LogP contribution in [0.5, 0.6) is 0 Å². The van der Waals surface area contributed by atoms with Crippen LogP contribution in [0.15, 0.2) is 12.7 Å². The number of nitrogens with zero attached hydrogens (tertiary/aromatic N) is 4. The molecule has 0 saturated carbocycles. The topological polar surface area (TPSA) is 184 Å². The van der Waals surface area contributed by atoms with Gasteiger partial charge in [-0.1, -0.05) is 5.09 Å². The molecular formula is C17H26N6O7P+. The molecule has 0 aromatic carbocycles. The van der Waals surface area contributed by atoms with E-state index < -0.39 is 44.2 Å². The number of carbonyl (C=O) groups excluding carboxylic acids is 1. The number of hydrogen-bond donors (Lipinski definition) is 4. The molecule has 3 heterocycles. The van der Waals surface area contributed by atoms with Crippen LogP contribution >= 0.6 is 8.18 Å². The van der Waals surface area contributed by atoms with Crippen LogP contribution in [0.25, 0.3) is 11.2 Å². The maximum Gasteiger partial charge on any atom is 0.613 e. The van der Waals surface area contributed by atoms with Gasteiger partial charge in [-0.05, 0) is 32.3 Å². The number of nitrogens with two attached hydrogens (primary N) is 1. The number of hydrogen-bond acceptors (Lipinski definition) is 11. The zero-order chi connectivity index (χ0) is 22.9. The van der Waals surface area contributed by atoms with E-state index in [2.05, 4.69) is 20.0 Å². The lowest BCUT2D eigenvalue weighted by Gasteiger charge is -2.27. The van der Waals surface area contributed by atoms with Gasteiger partial charge in [0.2, 0.25) is 0 Å². The average Bonchev–Trinajstić information content (AvgIpc) is 3.20. The number of imidazole rings is 1. The number of rotatable bonds is 8. The van der Waals surface area contributed by atoms with E-state index >= 15 is 0 Å². The molecule has 5 N–H and O–H groups in total. The molecule has 2 aromatic heterocycles. The normalized spacial score (nSPS) is 27.6. The van der Waals surface area contributed by atoms with Crippen molar-refractivity contribution in [3.63, 3.8) is 0 Å². The van der Waals surface area contributed by atoms with Gasteiger partial charge in [0, 0.05) is 0 Å². The summed E-state index contributed by atoms with van der Waals surface area (Å²) in [6.45, 7) is 5.96. The quantitative estimate of drug-likeness (QED) is 0.308. The fourth-order valence-corrected chi connectivity index (χ4v) is 3.92. The third kappa shape index (κ3) is 4.81. The largest absolute Gasteiger partial charge is 0.613 e. The number of nitrogen functional groups attached to an aromatic ring is 1. The molecule has 1 aliphatic rings. The van der Waals surface area contributed by atoms with Gasteiger partial charge in [-0.25, -0.2) is 15.0 Å². The summed E-state index contributed by atoms with van der Waals surface area (Å²) in [6.07, 6.45) is -1.15. The van der Waals surface area contributed by atoms with Crippen molar-refractivity contribution in [1.29, 1.82) is 0 Å². The molecule has 1 aliphatic heterocycles. The lowest BCUT2D eigenvalue weighted by molar-refractivity contribution is -0.149. The van der Waals surface area contributed by atoms with Crippen molar-refractivity contribution in [2.75, 3.05) is 12.3 Å². The number of nitrogens with one attached hydrogen (secondary N) is 1. The van der Waals surface area contributed by atoms with E-state index in [0.717, 1.165) is 0 Å². The van der Waals surface area contributed by atoms with Crippen LogP contribution in [0.4, 0.5) is 5.82 Å². The fraction of sp³-hybridized carbons (Fsp3) is 0.647. The SMILES string of the molecule is CC(C)OC(=O)[C@H](C)N[P+](=O)OC[C@H]1O[C@@H](n2cnc3c(N)ncnc32)[C@](C)(O)[C@@H]1O. The molecule has 13 nitrogen and oxygen atoms in total. The van der Waals surface area contributed by atoms with Gasteiger partial charge in [-0.15, -0.1) is 4.52 Å². The van der Waals surface area contributed by atoms with E-state index in [1.54, 1.807) is 13.8 Å². The van der Waals surface area contributed by atoms with Gasteiger partial charge in [0.25, 0.3) is 0 Å². The Balaban J connectivity index is 1.65. The van der Waals surface area contributed by atoms with E-state index in [1.807, 2.05) is 0 Å². The second kappa shape index (κ2) is 9.07. The number of aromatic nitrogens is 4. The number of carbonyl (C=O) groups is 1. The highest BCUT2D eigenvalue weighted by Crippen LogP contribution is 2.40. The molecule has 0 radical (unpaired) electrons. The fourth-order valence-electron chi connectivity index (χ4n) is 3.14. The van der Waals surface area contributed by atoms with Crippen LogP contribution in [-0.2, 0) is 23.4 Å². The Hall–Kier alpha value is -2.28. The van der Waals surface area contributed by atoms with E-state index in [-0.39, 0.29) is 18.5 Å². The minimum atomic E-state index is -2.47. The zero-order valence-corrected chi connectivity index (χ0v) is 18.4. The van der Waals surface area contributed by atoms with Crippen LogP contribution in [-0.4, -0.2) is 72.3 Å². The number of ether oxygens (including phenoxy) is 2. The summed E-state index contributed by atoms with van der Waals surface area (Å²) in [6, 6.07) is -0.862. The molecule has 1 saturated heterocycles. The van der Waals surface area contributed by atoms with Crippen LogP contribution in [0, 0.1) is 0 Å². The Labute approximate surface area is 178 Å². The molecule has 14 heteroatoms. The average molecular weight is 457 g/mol. The first kappa shape index (κ1) is 23.4. The zero-order valence-electron chi connectivity index (χ0n) is 17.5. The Morgan fingerprint density at radius 3 is 2.81 bits per heavy atom. The minimum absolute atomic E-state index is 0.162. The summed E-state index contributed by atoms with van der Waals surface area (Å²) < 4.78 is 29.6. The number of aliphatic hydroxyl groups is 2. The summed E-state index contributed by atoms with van der Waals surface area (Å²) in [5, 5.41) is 23.9. The van der Waals surface area contributed by atoms with Gasteiger partial charge in [-0.3, -0.25) is 9.36 Å². The summed E-state index contributed by atoms with van der Waals surface area (Å²) in [5.41, 5.74) is 4.69.